The van der Waals surface area contributed by atoms with Gasteiger partial charge in [0.2, 0.25) is 0 Å². The standard InChI is InChI=1S/C9H11BrN4O/c1-6(10)9-4-14(13-12-9)3-8-5-15-7(2)11-8/h4-6H,3H2,1-2H3. The van der Waals surface area contributed by atoms with Gasteiger partial charge in [0.15, 0.2) is 5.89 Å². The van der Waals surface area contributed by atoms with Crippen LogP contribution in [0, 0.1) is 6.92 Å². The average Bonchev–Trinajstić information content (AvgIpc) is 2.76. The van der Waals surface area contributed by atoms with Crippen LogP contribution in [0.1, 0.15) is 29.0 Å². The number of halogens is 1. The van der Waals surface area contributed by atoms with Gasteiger partial charge < -0.3 is 4.42 Å². The third-order valence-corrected chi connectivity index (χ3v) is 2.42. The van der Waals surface area contributed by atoms with Crippen molar-refractivity contribution in [3.63, 3.8) is 0 Å². The van der Waals surface area contributed by atoms with E-state index in [2.05, 4.69) is 31.2 Å². The first-order valence-corrected chi connectivity index (χ1v) is 5.52. The van der Waals surface area contributed by atoms with Crippen LogP contribution >= 0.6 is 15.9 Å². The van der Waals surface area contributed by atoms with Gasteiger partial charge in [0.1, 0.15) is 12.0 Å². The molecule has 2 heterocycles. The molecular weight excluding hydrogens is 260 g/mol. The minimum Gasteiger partial charge on any atom is -0.449 e. The van der Waals surface area contributed by atoms with Crippen molar-refractivity contribution < 1.29 is 4.42 Å². The quantitative estimate of drug-likeness (QED) is 0.802. The van der Waals surface area contributed by atoms with Gasteiger partial charge in [-0.25, -0.2) is 9.67 Å². The van der Waals surface area contributed by atoms with Gasteiger partial charge in [0, 0.05) is 6.92 Å². The van der Waals surface area contributed by atoms with E-state index in [1.165, 1.54) is 0 Å². The van der Waals surface area contributed by atoms with Crippen LogP contribution in [0.25, 0.3) is 0 Å². The molecule has 0 amide bonds. The third kappa shape index (κ3) is 2.44. The Morgan fingerprint density at radius 2 is 2.40 bits per heavy atom. The normalized spacial score (nSPS) is 13.0. The number of rotatable bonds is 3. The van der Waals surface area contributed by atoms with E-state index in [9.17, 15) is 0 Å². The number of hydrogen-bond acceptors (Lipinski definition) is 4. The Morgan fingerprint density at radius 1 is 1.60 bits per heavy atom. The first-order valence-electron chi connectivity index (χ1n) is 4.60. The van der Waals surface area contributed by atoms with Gasteiger partial charge in [0.25, 0.3) is 0 Å². The van der Waals surface area contributed by atoms with Gasteiger partial charge in [-0.1, -0.05) is 21.1 Å². The van der Waals surface area contributed by atoms with E-state index in [4.69, 9.17) is 4.42 Å². The molecule has 2 aromatic rings. The molecule has 0 spiro atoms. The fraction of sp³-hybridized carbons (Fsp3) is 0.444. The molecule has 0 bridgehead atoms. The monoisotopic (exact) mass is 270 g/mol. The Bertz CT molecular complexity index is 448. The van der Waals surface area contributed by atoms with Crippen molar-refractivity contribution in [1.82, 2.24) is 20.0 Å². The summed E-state index contributed by atoms with van der Waals surface area (Å²) in [6, 6.07) is 0. The molecule has 6 heteroatoms. The molecule has 5 nitrogen and oxygen atoms in total. The van der Waals surface area contributed by atoms with Gasteiger partial charge in [-0.2, -0.15) is 0 Å². The van der Waals surface area contributed by atoms with Crippen molar-refractivity contribution >= 4 is 15.9 Å². The average molecular weight is 271 g/mol. The summed E-state index contributed by atoms with van der Waals surface area (Å²) in [6.45, 7) is 4.41. The SMILES string of the molecule is Cc1nc(Cn2cc(C(C)Br)nn2)co1. The molecule has 80 valence electrons. The van der Waals surface area contributed by atoms with Crippen LogP contribution in [0.5, 0.6) is 0 Å². The summed E-state index contributed by atoms with van der Waals surface area (Å²) in [5.41, 5.74) is 1.77. The van der Waals surface area contributed by atoms with E-state index in [0.29, 0.717) is 12.4 Å². The molecular formula is C9H11BrN4O. The van der Waals surface area contributed by atoms with Crippen molar-refractivity contribution in [3.05, 3.63) is 29.7 Å². The van der Waals surface area contributed by atoms with Crippen molar-refractivity contribution in [3.8, 4) is 0 Å². The van der Waals surface area contributed by atoms with E-state index in [0.717, 1.165) is 11.4 Å². The van der Waals surface area contributed by atoms with Gasteiger partial charge in [0.05, 0.1) is 23.3 Å². The molecule has 0 N–H and O–H groups in total. The Morgan fingerprint density at radius 3 is 2.93 bits per heavy atom. The van der Waals surface area contributed by atoms with E-state index in [1.54, 1.807) is 10.9 Å². The van der Waals surface area contributed by atoms with Crippen LogP contribution < -0.4 is 0 Å². The lowest BCUT2D eigenvalue weighted by Crippen LogP contribution is -2.00. The number of oxazole rings is 1. The molecule has 0 aliphatic rings. The maximum atomic E-state index is 5.11. The second kappa shape index (κ2) is 4.14. The molecule has 0 aliphatic carbocycles. The molecule has 1 unspecified atom stereocenters. The van der Waals surface area contributed by atoms with E-state index < -0.39 is 0 Å². The fourth-order valence-corrected chi connectivity index (χ4v) is 1.43. The second-order valence-corrected chi connectivity index (χ2v) is 4.69. The number of aryl methyl sites for hydroxylation is 1. The Balaban J connectivity index is 2.11. The topological polar surface area (TPSA) is 56.7 Å². The molecule has 1 atom stereocenters. The minimum atomic E-state index is 0.213. The van der Waals surface area contributed by atoms with Crippen molar-refractivity contribution in [2.24, 2.45) is 0 Å². The Labute approximate surface area is 95.6 Å². The lowest BCUT2D eigenvalue weighted by molar-refractivity contribution is 0.519. The van der Waals surface area contributed by atoms with E-state index in [-0.39, 0.29) is 4.83 Å². The maximum Gasteiger partial charge on any atom is 0.191 e. The van der Waals surface area contributed by atoms with Crippen LogP contribution in [0.4, 0.5) is 0 Å². The summed E-state index contributed by atoms with van der Waals surface area (Å²) < 4.78 is 6.85. The number of alkyl halides is 1. The molecule has 0 aromatic carbocycles. The molecule has 0 saturated carbocycles. The smallest absolute Gasteiger partial charge is 0.191 e. The molecule has 0 radical (unpaired) electrons. The lowest BCUT2D eigenvalue weighted by atomic mass is 10.4. The summed E-state index contributed by atoms with van der Waals surface area (Å²) in [5, 5.41) is 8.02. The third-order valence-electron chi connectivity index (χ3n) is 1.95. The first-order chi connectivity index (χ1) is 7.15. The van der Waals surface area contributed by atoms with Gasteiger partial charge in [-0.05, 0) is 6.92 Å². The zero-order valence-corrected chi connectivity index (χ0v) is 10.1. The highest BCUT2D eigenvalue weighted by atomic mass is 79.9. The summed E-state index contributed by atoms with van der Waals surface area (Å²) >= 11 is 3.44. The highest BCUT2D eigenvalue weighted by Gasteiger charge is 2.07. The van der Waals surface area contributed by atoms with Crippen LogP contribution in [0.3, 0.4) is 0 Å². The molecule has 0 saturated heterocycles. The molecule has 2 aromatic heterocycles. The number of nitrogens with zero attached hydrogens (tertiary/aromatic N) is 4. The first kappa shape index (κ1) is 10.4. The van der Waals surface area contributed by atoms with Crippen molar-refractivity contribution in [2.75, 3.05) is 0 Å². The fourth-order valence-electron chi connectivity index (χ4n) is 1.22. The van der Waals surface area contributed by atoms with E-state index >= 15 is 0 Å². The van der Waals surface area contributed by atoms with Crippen LogP contribution in [-0.2, 0) is 6.54 Å². The highest BCUT2D eigenvalue weighted by Crippen LogP contribution is 2.18. The van der Waals surface area contributed by atoms with Crippen LogP contribution in [0.2, 0.25) is 0 Å². The summed E-state index contributed by atoms with van der Waals surface area (Å²) in [7, 11) is 0. The lowest BCUT2D eigenvalue weighted by Gasteiger charge is -1.95. The second-order valence-electron chi connectivity index (χ2n) is 3.31. The molecule has 2 rings (SSSR count). The highest BCUT2D eigenvalue weighted by molar-refractivity contribution is 9.09. The van der Waals surface area contributed by atoms with Gasteiger partial charge in [-0.15, -0.1) is 5.10 Å². The van der Waals surface area contributed by atoms with Crippen LogP contribution in [0.15, 0.2) is 16.9 Å². The van der Waals surface area contributed by atoms with Gasteiger partial charge >= 0.3 is 0 Å². The largest absolute Gasteiger partial charge is 0.449 e. The summed E-state index contributed by atoms with van der Waals surface area (Å²) in [4.78, 5) is 4.41. The molecule has 15 heavy (non-hydrogen) atoms. The van der Waals surface area contributed by atoms with Crippen molar-refractivity contribution in [2.45, 2.75) is 25.2 Å². The zero-order valence-electron chi connectivity index (χ0n) is 8.51. The van der Waals surface area contributed by atoms with Crippen LogP contribution in [-0.4, -0.2) is 20.0 Å². The van der Waals surface area contributed by atoms with Crippen molar-refractivity contribution in [1.29, 1.82) is 0 Å². The van der Waals surface area contributed by atoms with E-state index in [1.807, 2.05) is 20.0 Å². The Kier molecular flexibility index (Phi) is 2.86. The summed E-state index contributed by atoms with van der Waals surface area (Å²) in [5.74, 6) is 0.666. The zero-order chi connectivity index (χ0) is 10.8. The number of aromatic nitrogens is 4. The minimum absolute atomic E-state index is 0.213. The predicted octanol–water partition coefficient (Wildman–Crippen LogP) is 2.08. The number of hydrogen-bond donors (Lipinski definition) is 0. The molecule has 0 aliphatic heterocycles. The Hall–Kier alpha value is -1.17. The summed E-state index contributed by atoms with van der Waals surface area (Å²) in [6.07, 6.45) is 3.53. The molecule has 0 fully saturated rings. The maximum absolute atomic E-state index is 5.11. The predicted molar refractivity (Wildman–Crippen MR) is 57.7 cm³/mol. The van der Waals surface area contributed by atoms with Gasteiger partial charge in [-0.3, -0.25) is 0 Å².